The molecule has 0 aliphatic carbocycles. The average molecular weight is 402 g/mol. The number of aryl methyl sites for hydroxylation is 2. The summed E-state index contributed by atoms with van der Waals surface area (Å²) in [5, 5.41) is 6.45. The molecule has 2 aromatic carbocycles. The number of carbonyl (C=O) groups excluding carboxylic acids is 2. The molecule has 0 aromatic heterocycles. The van der Waals surface area contributed by atoms with Crippen molar-refractivity contribution < 1.29 is 9.59 Å². The van der Waals surface area contributed by atoms with Crippen molar-refractivity contribution in [2.45, 2.75) is 40.0 Å². The molecule has 5 nitrogen and oxygen atoms in total. The maximum Gasteiger partial charge on any atom is 0.322 e. The Labute approximate surface area is 172 Å². The van der Waals surface area contributed by atoms with E-state index in [-0.39, 0.29) is 18.5 Å². The van der Waals surface area contributed by atoms with Gasteiger partial charge in [0, 0.05) is 17.8 Å². The predicted octanol–water partition coefficient (Wildman–Crippen LogP) is 5.13. The molecule has 0 fully saturated rings. The zero-order valence-electron chi connectivity index (χ0n) is 16.9. The molecule has 0 spiro atoms. The molecular formula is C22H28ClN3O2. The van der Waals surface area contributed by atoms with Gasteiger partial charge in [-0.15, -0.1) is 0 Å². The van der Waals surface area contributed by atoms with Gasteiger partial charge >= 0.3 is 6.03 Å². The number of para-hydroxylation sites is 1. The highest BCUT2D eigenvalue weighted by Crippen LogP contribution is 2.29. The fraction of sp³-hybridized carbons (Fsp3) is 0.364. The molecule has 150 valence electrons. The van der Waals surface area contributed by atoms with Crippen molar-refractivity contribution in [2.24, 2.45) is 0 Å². The molecule has 0 aliphatic heterocycles. The molecule has 6 heteroatoms. The van der Waals surface area contributed by atoms with Gasteiger partial charge in [0.25, 0.3) is 0 Å². The van der Waals surface area contributed by atoms with Crippen molar-refractivity contribution in [2.75, 3.05) is 24.2 Å². The molecule has 0 radical (unpaired) electrons. The van der Waals surface area contributed by atoms with Gasteiger partial charge in [-0.25, -0.2) is 4.79 Å². The van der Waals surface area contributed by atoms with Crippen LogP contribution in [0, 0.1) is 0 Å². The number of benzene rings is 2. The van der Waals surface area contributed by atoms with Crippen LogP contribution in [-0.4, -0.2) is 30.4 Å². The standard InChI is InChI=1S/C22H28ClN3O2/c1-5-15-10-8-9-11-19(15)24-20(27)14-26(4)22(28)25-21-16(6-2)12-13-18(23)17(21)7-3/h8-13H,5-7,14H2,1-4H3,(H,24,27)(H,25,28). The summed E-state index contributed by atoms with van der Waals surface area (Å²) >= 11 is 6.30. The van der Waals surface area contributed by atoms with Crippen LogP contribution in [0.5, 0.6) is 0 Å². The SMILES string of the molecule is CCc1ccccc1NC(=O)CN(C)C(=O)Nc1c(CC)ccc(Cl)c1CC. The number of urea groups is 1. The van der Waals surface area contributed by atoms with Crippen LogP contribution in [0.25, 0.3) is 0 Å². The van der Waals surface area contributed by atoms with Gasteiger partial charge in [0.1, 0.15) is 6.54 Å². The van der Waals surface area contributed by atoms with Crippen molar-refractivity contribution in [3.05, 3.63) is 58.1 Å². The number of carbonyl (C=O) groups is 2. The molecule has 0 atom stereocenters. The topological polar surface area (TPSA) is 61.4 Å². The molecule has 0 unspecified atom stereocenters. The van der Waals surface area contributed by atoms with Crippen molar-refractivity contribution in [1.82, 2.24) is 4.90 Å². The van der Waals surface area contributed by atoms with E-state index in [2.05, 4.69) is 10.6 Å². The molecule has 0 bridgehead atoms. The largest absolute Gasteiger partial charge is 0.324 e. The number of amides is 3. The molecule has 0 aliphatic rings. The van der Waals surface area contributed by atoms with E-state index in [0.717, 1.165) is 40.9 Å². The summed E-state index contributed by atoms with van der Waals surface area (Å²) < 4.78 is 0. The fourth-order valence-electron chi connectivity index (χ4n) is 3.10. The summed E-state index contributed by atoms with van der Waals surface area (Å²) in [5.41, 5.74) is 4.50. The maximum atomic E-state index is 12.7. The number of halogens is 1. The second-order valence-corrected chi connectivity index (χ2v) is 7.02. The number of nitrogens with one attached hydrogen (secondary N) is 2. The Morgan fingerprint density at radius 1 is 0.929 bits per heavy atom. The summed E-state index contributed by atoms with van der Waals surface area (Å²) in [6.07, 6.45) is 2.30. The van der Waals surface area contributed by atoms with E-state index < -0.39 is 0 Å². The average Bonchev–Trinajstić information content (AvgIpc) is 2.68. The van der Waals surface area contributed by atoms with Crippen LogP contribution in [0.4, 0.5) is 16.2 Å². The first kappa shape index (κ1) is 21.8. The van der Waals surface area contributed by atoms with Gasteiger partial charge in [-0.3, -0.25) is 4.79 Å². The first-order valence-corrected chi connectivity index (χ1v) is 9.99. The van der Waals surface area contributed by atoms with E-state index in [0.29, 0.717) is 11.4 Å². The Balaban J connectivity index is 2.07. The highest BCUT2D eigenvalue weighted by molar-refractivity contribution is 6.32. The van der Waals surface area contributed by atoms with Gasteiger partial charge < -0.3 is 15.5 Å². The van der Waals surface area contributed by atoms with Crippen molar-refractivity contribution in [1.29, 1.82) is 0 Å². The lowest BCUT2D eigenvalue weighted by atomic mass is 10.0. The van der Waals surface area contributed by atoms with Gasteiger partial charge in [0.2, 0.25) is 5.91 Å². The minimum absolute atomic E-state index is 0.0482. The van der Waals surface area contributed by atoms with E-state index >= 15 is 0 Å². The number of hydrogen-bond acceptors (Lipinski definition) is 2. The van der Waals surface area contributed by atoms with Crippen LogP contribution in [-0.2, 0) is 24.1 Å². The molecule has 2 rings (SSSR count). The third-order valence-corrected chi connectivity index (χ3v) is 5.06. The summed E-state index contributed by atoms with van der Waals surface area (Å²) in [6, 6.07) is 11.1. The Kier molecular flexibility index (Phi) is 7.88. The van der Waals surface area contributed by atoms with Crippen LogP contribution in [0.2, 0.25) is 5.02 Å². The zero-order chi connectivity index (χ0) is 20.7. The lowest BCUT2D eigenvalue weighted by molar-refractivity contribution is -0.116. The molecule has 3 amide bonds. The van der Waals surface area contributed by atoms with Crippen LogP contribution in [0.3, 0.4) is 0 Å². The normalized spacial score (nSPS) is 10.5. The van der Waals surface area contributed by atoms with Crippen LogP contribution >= 0.6 is 11.6 Å². The number of rotatable bonds is 7. The molecule has 2 N–H and O–H groups in total. The second-order valence-electron chi connectivity index (χ2n) is 6.61. The predicted molar refractivity (Wildman–Crippen MR) is 116 cm³/mol. The zero-order valence-corrected chi connectivity index (χ0v) is 17.7. The van der Waals surface area contributed by atoms with E-state index in [9.17, 15) is 9.59 Å². The van der Waals surface area contributed by atoms with Gasteiger partial charge in [-0.2, -0.15) is 0 Å². The number of anilines is 2. The van der Waals surface area contributed by atoms with E-state index in [1.165, 1.54) is 4.90 Å². The number of hydrogen-bond donors (Lipinski definition) is 2. The van der Waals surface area contributed by atoms with E-state index in [4.69, 9.17) is 11.6 Å². The van der Waals surface area contributed by atoms with E-state index in [1.807, 2.05) is 57.2 Å². The van der Waals surface area contributed by atoms with Gasteiger partial charge in [0.15, 0.2) is 0 Å². The first-order valence-electron chi connectivity index (χ1n) is 9.61. The van der Waals surface area contributed by atoms with Gasteiger partial charge in [-0.1, -0.05) is 56.6 Å². The Bertz CT molecular complexity index is 852. The van der Waals surface area contributed by atoms with Crippen molar-refractivity contribution in [3.8, 4) is 0 Å². The molecule has 0 saturated carbocycles. The molecular weight excluding hydrogens is 374 g/mol. The minimum atomic E-state index is -0.342. The van der Waals surface area contributed by atoms with Crippen molar-refractivity contribution in [3.63, 3.8) is 0 Å². The quantitative estimate of drug-likeness (QED) is 0.675. The smallest absolute Gasteiger partial charge is 0.322 e. The Hall–Kier alpha value is -2.53. The summed E-state index contributed by atoms with van der Waals surface area (Å²) in [7, 11) is 1.60. The molecule has 0 saturated heterocycles. The minimum Gasteiger partial charge on any atom is -0.324 e. The highest BCUT2D eigenvalue weighted by Gasteiger charge is 2.18. The maximum absolute atomic E-state index is 12.7. The molecule has 28 heavy (non-hydrogen) atoms. The lowest BCUT2D eigenvalue weighted by Gasteiger charge is -2.21. The van der Waals surface area contributed by atoms with Crippen LogP contribution < -0.4 is 10.6 Å². The Morgan fingerprint density at radius 3 is 2.25 bits per heavy atom. The van der Waals surface area contributed by atoms with E-state index in [1.54, 1.807) is 7.05 Å². The Morgan fingerprint density at radius 2 is 1.61 bits per heavy atom. The molecule has 2 aromatic rings. The van der Waals surface area contributed by atoms with Gasteiger partial charge in [0.05, 0.1) is 5.69 Å². The highest BCUT2D eigenvalue weighted by atomic mass is 35.5. The van der Waals surface area contributed by atoms with Crippen LogP contribution in [0.1, 0.15) is 37.5 Å². The summed E-state index contributed by atoms with van der Waals surface area (Å²) in [4.78, 5) is 26.4. The third-order valence-electron chi connectivity index (χ3n) is 4.71. The summed E-state index contributed by atoms with van der Waals surface area (Å²) in [6.45, 7) is 6.01. The third kappa shape index (κ3) is 5.26. The van der Waals surface area contributed by atoms with Crippen molar-refractivity contribution >= 4 is 34.9 Å². The van der Waals surface area contributed by atoms with Crippen LogP contribution in [0.15, 0.2) is 36.4 Å². The summed E-state index contributed by atoms with van der Waals surface area (Å²) in [5.74, 6) is -0.240. The second kappa shape index (κ2) is 10.1. The first-order chi connectivity index (χ1) is 13.4. The number of likely N-dealkylation sites (N-methyl/N-ethyl adjacent to an activating group) is 1. The monoisotopic (exact) mass is 401 g/mol. The van der Waals surface area contributed by atoms with Gasteiger partial charge in [-0.05, 0) is 48.1 Å². The lowest BCUT2D eigenvalue weighted by Crippen LogP contribution is -2.38. The fourth-order valence-corrected chi connectivity index (χ4v) is 3.39. The number of nitrogens with zero attached hydrogens (tertiary/aromatic N) is 1. The molecule has 0 heterocycles.